The molecule has 0 amide bonds. The predicted octanol–water partition coefficient (Wildman–Crippen LogP) is 16.1. The van der Waals surface area contributed by atoms with E-state index in [1.165, 1.54) is 0 Å². The van der Waals surface area contributed by atoms with Gasteiger partial charge in [0.05, 0.1) is 77.2 Å². The number of benzene rings is 3. The van der Waals surface area contributed by atoms with E-state index >= 15 is 0 Å². The van der Waals surface area contributed by atoms with Crippen molar-refractivity contribution in [3.63, 3.8) is 0 Å². The van der Waals surface area contributed by atoms with Gasteiger partial charge in [-0.2, -0.15) is 0 Å². The van der Waals surface area contributed by atoms with Crippen LogP contribution in [0.4, 0.5) is 0 Å². The van der Waals surface area contributed by atoms with Gasteiger partial charge in [-0.25, -0.2) is 14.4 Å². The highest BCUT2D eigenvalue weighted by molar-refractivity contribution is 5.92. The van der Waals surface area contributed by atoms with Gasteiger partial charge < -0.3 is 56.8 Å². The van der Waals surface area contributed by atoms with E-state index in [9.17, 15) is 52.7 Å². The van der Waals surface area contributed by atoms with Gasteiger partial charge in [-0.3, -0.25) is 38.4 Å². The summed E-state index contributed by atoms with van der Waals surface area (Å²) in [5, 5.41) is 0. The van der Waals surface area contributed by atoms with Crippen LogP contribution in [0.2, 0.25) is 0 Å². The van der Waals surface area contributed by atoms with Crippen LogP contribution in [0.5, 0.6) is 17.2 Å². The van der Waals surface area contributed by atoms with E-state index in [0.717, 1.165) is 82.6 Å². The Bertz CT molecular complexity index is 2940. The van der Waals surface area contributed by atoms with Crippen molar-refractivity contribution in [2.24, 2.45) is 0 Å². The fourth-order valence-electron chi connectivity index (χ4n) is 10.1. The molecule has 23 nitrogen and oxygen atoms in total. The third-order valence-corrected chi connectivity index (χ3v) is 16.3. The molecule has 578 valence electrons. The number of ether oxygens (including phenoxy) is 12. The lowest BCUT2D eigenvalue weighted by molar-refractivity contribution is -0.146. The van der Waals surface area contributed by atoms with Crippen LogP contribution in [0.1, 0.15) is 277 Å². The minimum Gasteiger partial charge on any atom is -0.494 e. The van der Waals surface area contributed by atoms with Crippen molar-refractivity contribution in [2.45, 2.75) is 258 Å². The Hall–Kier alpha value is -8.63. The van der Waals surface area contributed by atoms with Gasteiger partial charge in [0, 0.05) is 56.9 Å². The number of carbonyl (C=O) groups is 11. The van der Waals surface area contributed by atoms with Crippen molar-refractivity contribution in [1.29, 1.82) is 0 Å². The van der Waals surface area contributed by atoms with Crippen LogP contribution >= 0.6 is 0 Å². The first-order valence-electron chi connectivity index (χ1n) is 37.9. The van der Waals surface area contributed by atoms with Crippen LogP contribution in [0.25, 0.3) is 0 Å². The molecule has 0 aliphatic carbocycles. The minimum atomic E-state index is -0.522. The summed E-state index contributed by atoms with van der Waals surface area (Å²) >= 11 is 0. The fourth-order valence-corrected chi connectivity index (χ4v) is 10.1. The first kappa shape index (κ1) is 89.6. The zero-order chi connectivity index (χ0) is 75.3. The van der Waals surface area contributed by atoms with E-state index in [-0.39, 0.29) is 106 Å². The zero-order valence-electron chi connectivity index (χ0n) is 62.0. The van der Waals surface area contributed by atoms with Crippen molar-refractivity contribution < 1.29 is 110 Å². The molecule has 0 radical (unpaired) electrons. The number of hydrogen-bond donors (Lipinski definition) is 0. The largest absolute Gasteiger partial charge is 0.494 e. The summed E-state index contributed by atoms with van der Waals surface area (Å²) in [6, 6.07) is 20.1. The van der Waals surface area contributed by atoms with Crippen LogP contribution in [0.3, 0.4) is 0 Å². The Balaban J connectivity index is 0.967. The monoisotopic (exact) mass is 1460 g/mol. The molecule has 23 heteroatoms. The summed E-state index contributed by atoms with van der Waals surface area (Å²) in [5.74, 6) is -2.24. The van der Waals surface area contributed by atoms with Crippen LogP contribution in [0, 0.1) is 6.92 Å². The van der Waals surface area contributed by atoms with Crippen molar-refractivity contribution in [2.75, 3.05) is 66.1 Å². The summed E-state index contributed by atoms with van der Waals surface area (Å²) in [5.41, 5.74) is 2.21. The molecule has 0 fully saturated rings. The first-order valence-corrected chi connectivity index (χ1v) is 37.9. The summed E-state index contributed by atoms with van der Waals surface area (Å²) in [7, 11) is 0. The number of esters is 11. The van der Waals surface area contributed by atoms with Gasteiger partial charge in [-0.15, -0.1) is 0 Å². The molecule has 0 aliphatic rings. The molecule has 3 aromatic rings. The highest BCUT2D eigenvalue weighted by Gasteiger charge is 2.15. The van der Waals surface area contributed by atoms with Gasteiger partial charge in [0.25, 0.3) is 0 Å². The predicted molar refractivity (Wildman–Crippen MR) is 388 cm³/mol. The molecular formula is C81H116O23. The lowest BCUT2D eigenvalue weighted by Crippen LogP contribution is -2.09. The molecule has 0 saturated carbocycles. The number of carbonyl (C=O) groups excluding carboxylic acids is 11. The molecule has 0 saturated heterocycles. The van der Waals surface area contributed by atoms with Gasteiger partial charge in [0.2, 0.25) is 0 Å². The summed E-state index contributed by atoms with van der Waals surface area (Å²) in [6.45, 7) is 10.3. The summed E-state index contributed by atoms with van der Waals surface area (Å²) < 4.78 is 64.2. The number of hydrogen-bond acceptors (Lipinski definition) is 23. The Kier molecular flexibility index (Phi) is 51.4. The molecule has 0 heterocycles. The minimum absolute atomic E-state index is 0.217. The van der Waals surface area contributed by atoms with Crippen LogP contribution in [-0.4, -0.2) is 132 Å². The third kappa shape index (κ3) is 49.9. The first-order chi connectivity index (χ1) is 50.5. The summed E-state index contributed by atoms with van der Waals surface area (Å²) in [4.78, 5) is 133. The van der Waals surface area contributed by atoms with Crippen molar-refractivity contribution >= 4 is 65.7 Å². The van der Waals surface area contributed by atoms with Gasteiger partial charge in [0.1, 0.15) is 17.2 Å². The average molecular weight is 1460 g/mol. The quantitative estimate of drug-likeness (QED) is 0.0167. The highest BCUT2D eigenvalue weighted by Crippen LogP contribution is 2.22. The average Bonchev–Trinajstić information content (AvgIpc) is 0.866. The molecule has 0 aliphatic heterocycles. The zero-order valence-corrected chi connectivity index (χ0v) is 62.0. The van der Waals surface area contributed by atoms with E-state index in [2.05, 4.69) is 6.58 Å². The van der Waals surface area contributed by atoms with Gasteiger partial charge in [0.15, 0.2) is 0 Å². The topological polar surface area (TPSA) is 299 Å². The molecule has 0 N–H and O–H groups in total. The van der Waals surface area contributed by atoms with Gasteiger partial charge >= 0.3 is 65.7 Å². The smallest absolute Gasteiger partial charge is 0.343 e. The molecule has 0 unspecified atom stereocenters. The molecule has 0 aromatic heterocycles. The van der Waals surface area contributed by atoms with Crippen molar-refractivity contribution in [3.8, 4) is 17.2 Å². The van der Waals surface area contributed by atoms with E-state index in [1.54, 1.807) is 67.6 Å². The number of unbranched alkanes of at least 4 members (excludes halogenated alkanes) is 21. The van der Waals surface area contributed by atoms with Gasteiger partial charge in [-0.05, 0) is 241 Å². The lowest BCUT2D eigenvalue weighted by atomic mass is 10.1. The SMILES string of the molecule is C=C(C)C(=O)OCCCCCC(=O)OCCCCCC(=O)OCCCCCC(=O)OCCCCCC(=O)OCCCCCC(=O)OCCCCCC(=O)OCCCCCC(=O)OCCCCCC(=O)OCCCCCCCCOc1ccc(C(=O)Oc2ccc(OC(=O)c3ccc(C)cc3)cc2)cc1. The van der Waals surface area contributed by atoms with E-state index in [1.807, 2.05) is 19.1 Å². The Morgan fingerprint density at radius 1 is 0.250 bits per heavy atom. The second kappa shape index (κ2) is 59.7. The van der Waals surface area contributed by atoms with E-state index in [0.29, 0.717) is 208 Å². The Morgan fingerprint density at radius 3 is 0.702 bits per heavy atom. The molecule has 3 rings (SSSR count). The van der Waals surface area contributed by atoms with Crippen LogP contribution in [-0.2, 0) is 85.8 Å². The maximum atomic E-state index is 12.7. The van der Waals surface area contributed by atoms with Crippen LogP contribution < -0.4 is 14.2 Å². The molecule has 0 atom stereocenters. The number of rotatable bonds is 63. The second-order valence-electron chi connectivity index (χ2n) is 25.8. The Labute approximate surface area is 615 Å². The molecular weight excluding hydrogens is 1340 g/mol. The third-order valence-electron chi connectivity index (χ3n) is 16.3. The number of aryl methyl sites for hydroxylation is 1. The lowest BCUT2D eigenvalue weighted by Gasteiger charge is -2.09. The molecule has 104 heavy (non-hydrogen) atoms. The second-order valence-corrected chi connectivity index (χ2v) is 25.8. The van der Waals surface area contributed by atoms with E-state index in [4.69, 9.17) is 56.8 Å². The van der Waals surface area contributed by atoms with Gasteiger partial charge in [-0.1, -0.05) is 50.0 Å². The summed E-state index contributed by atoms with van der Waals surface area (Å²) in [6.07, 6.45) is 24.2. The highest BCUT2D eigenvalue weighted by atomic mass is 16.6. The molecule has 0 spiro atoms. The maximum absolute atomic E-state index is 12.7. The fraction of sp³-hybridized carbons (Fsp3) is 0.617. The molecule has 0 bridgehead atoms. The Morgan fingerprint density at radius 2 is 0.452 bits per heavy atom. The van der Waals surface area contributed by atoms with Crippen LogP contribution in [0.15, 0.2) is 84.9 Å². The van der Waals surface area contributed by atoms with Crippen molar-refractivity contribution in [3.05, 3.63) is 102 Å². The van der Waals surface area contributed by atoms with E-state index < -0.39 is 17.9 Å². The molecule has 3 aromatic carbocycles. The van der Waals surface area contributed by atoms with Crippen molar-refractivity contribution in [1.82, 2.24) is 0 Å². The maximum Gasteiger partial charge on any atom is 0.343 e. The standard InChI is InChI=1S/C81H116O23/c1-64(2)79(90)102-63-33-15-23-41-78(89)101-62-32-14-22-40-77(88)100-61-31-13-21-39-76(87)99-60-30-12-20-38-75(86)98-59-29-11-19-37-74(85)97-58-28-10-18-36-73(84)96-57-27-9-17-35-72(83)95-56-26-8-16-34-71(82)94-55-25-7-5-4-6-24-54-93-68-48-46-67(47-49-68)81(92)104-70-52-50-69(51-53-70)103-80(91)66-44-42-65(3)43-45-66/h42-53H,1,4-41,54-63H2,2-3H3. The normalized spacial score (nSPS) is 10.8.